The second-order valence-electron chi connectivity index (χ2n) is 5.95. The summed E-state index contributed by atoms with van der Waals surface area (Å²) < 4.78 is 1.96. The number of benzene rings is 1. The molecule has 1 unspecified atom stereocenters. The van der Waals surface area contributed by atoms with E-state index in [1.54, 1.807) is 6.33 Å². The molecule has 6 nitrogen and oxygen atoms in total. The second kappa shape index (κ2) is 6.91. The maximum Gasteiger partial charge on any atom is 0.251 e. The fourth-order valence-corrected chi connectivity index (χ4v) is 2.80. The molecule has 3 rings (SSSR count). The van der Waals surface area contributed by atoms with Gasteiger partial charge in [0.25, 0.3) is 5.91 Å². The highest BCUT2D eigenvalue weighted by Gasteiger charge is 2.31. The van der Waals surface area contributed by atoms with Gasteiger partial charge in [-0.3, -0.25) is 4.79 Å². The van der Waals surface area contributed by atoms with E-state index in [0.29, 0.717) is 17.9 Å². The molecule has 23 heavy (non-hydrogen) atoms. The number of hydrogen-bond donors (Lipinski definition) is 2. The van der Waals surface area contributed by atoms with E-state index < -0.39 is 0 Å². The minimum absolute atomic E-state index is 0.0790. The first-order valence-corrected chi connectivity index (χ1v) is 8.13. The minimum atomic E-state index is -0.0844. The molecular formula is C17H22N4O2. The van der Waals surface area contributed by atoms with Crippen molar-refractivity contribution in [3.05, 3.63) is 36.2 Å². The Kier molecular flexibility index (Phi) is 4.71. The van der Waals surface area contributed by atoms with E-state index >= 15 is 0 Å². The van der Waals surface area contributed by atoms with Crippen molar-refractivity contribution in [2.45, 2.75) is 38.8 Å². The second-order valence-corrected chi connectivity index (χ2v) is 5.95. The van der Waals surface area contributed by atoms with E-state index in [2.05, 4.69) is 15.5 Å². The van der Waals surface area contributed by atoms with Crippen LogP contribution in [0.2, 0.25) is 0 Å². The highest BCUT2D eigenvalue weighted by atomic mass is 16.3. The number of aromatic nitrogens is 3. The van der Waals surface area contributed by atoms with Crippen molar-refractivity contribution < 1.29 is 9.90 Å². The summed E-state index contributed by atoms with van der Waals surface area (Å²) in [6, 6.07) is 7.48. The SMILES string of the molecule is CCn1cnnc1-c1ccc(C(=O)NC(CCO)C2CC2)cc1. The third-order valence-electron chi connectivity index (χ3n) is 4.31. The summed E-state index contributed by atoms with van der Waals surface area (Å²) in [5, 5.41) is 20.2. The Morgan fingerprint density at radius 3 is 2.74 bits per heavy atom. The van der Waals surface area contributed by atoms with E-state index in [4.69, 9.17) is 5.11 Å². The molecule has 1 amide bonds. The molecule has 1 saturated carbocycles. The van der Waals surface area contributed by atoms with Crippen LogP contribution in [0.3, 0.4) is 0 Å². The van der Waals surface area contributed by atoms with Crippen molar-refractivity contribution in [1.29, 1.82) is 0 Å². The third-order valence-corrected chi connectivity index (χ3v) is 4.31. The van der Waals surface area contributed by atoms with Crippen LogP contribution in [0.1, 0.15) is 36.5 Å². The predicted octanol–water partition coefficient (Wildman–Crippen LogP) is 1.86. The van der Waals surface area contributed by atoms with Crippen LogP contribution < -0.4 is 5.32 Å². The lowest BCUT2D eigenvalue weighted by Gasteiger charge is -2.17. The van der Waals surface area contributed by atoms with Crippen LogP contribution >= 0.6 is 0 Å². The van der Waals surface area contributed by atoms with Gasteiger partial charge in [0.1, 0.15) is 6.33 Å². The van der Waals surface area contributed by atoms with E-state index in [9.17, 15) is 4.79 Å². The first kappa shape index (κ1) is 15.7. The summed E-state index contributed by atoms with van der Waals surface area (Å²) in [5.41, 5.74) is 1.56. The highest BCUT2D eigenvalue weighted by molar-refractivity contribution is 5.94. The average molecular weight is 314 g/mol. The highest BCUT2D eigenvalue weighted by Crippen LogP contribution is 2.34. The summed E-state index contributed by atoms with van der Waals surface area (Å²) in [6.45, 7) is 2.94. The largest absolute Gasteiger partial charge is 0.396 e. The topological polar surface area (TPSA) is 80.0 Å². The monoisotopic (exact) mass is 314 g/mol. The molecule has 1 aliphatic carbocycles. The Bertz CT molecular complexity index is 661. The Labute approximate surface area is 135 Å². The zero-order valence-electron chi connectivity index (χ0n) is 13.3. The van der Waals surface area contributed by atoms with Gasteiger partial charge < -0.3 is 15.0 Å². The quantitative estimate of drug-likeness (QED) is 0.817. The van der Waals surface area contributed by atoms with Gasteiger partial charge in [0.15, 0.2) is 5.82 Å². The van der Waals surface area contributed by atoms with E-state index in [1.165, 1.54) is 0 Å². The number of rotatable bonds is 7. The van der Waals surface area contributed by atoms with Crippen LogP contribution in [0.5, 0.6) is 0 Å². The first-order chi connectivity index (χ1) is 11.2. The van der Waals surface area contributed by atoms with E-state index in [0.717, 1.165) is 30.8 Å². The fraction of sp³-hybridized carbons (Fsp3) is 0.471. The first-order valence-electron chi connectivity index (χ1n) is 8.13. The van der Waals surface area contributed by atoms with Crippen LogP contribution in [0.4, 0.5) is 0 Å². The number of carbonyl (C=O) groups excluding carboxylic acids is 1. The van der Waals surface area contributed by atoms with Gasteiger partial charge in [-0.25, -0.2) is 0 Å². The Balaban J connectivity index is 1.70. The molecule has 0 aliphatic heterocycles. The van der Waals surface area contributed by atoms with Crippen LogP contribution in [-0.4, -0.2) is 38.4 Å². The van der Waals surface area contributed by atoms with Gasteiger partial charge >= 0.3 is 0 Å². The summed E-state index contributed by atoms with van der Waals surface area (Å²) in [4.78, 5) is 12.4. The molecule has 0 saturated heterocycles. The summed E-state index contributed by atoms with van der Waals surface area (Å²) in [5.74, 6) is 1.24. The van der Waals surface area contributed by atoms with Crippen molar-refractivity contribution in [3.8, 4) is 11.4 Å². The lowest BCUT2D eigenvalue weighted by Crippen LogP contribution is -2.37. The number of aliphatic hydroxyl groups is 1. The molecule has 1 aromatic carbocycles. The molecule has 1 atom stereocenters. The van der Waals surface area contributed by atoms with Gasteiger partial charge in [-0.15, -0.1) is 10.2 Å². The van der Waals surface area contributed by atoms with Crippen molar-refractivity contribution in [3.63, 3.8) is 0 Å². The Morgan fingerprint density at radius 1 is 1.39 bits per heavy atom. The molecule has 0 radical (unpaired) electrons. The number of aliphatic hydroxyl groups excluding tert-OH is 1. The molecule has 1 aliphatic rings. The minimum Gasteiger partial charge on any atom is -0.396 e. The van der Waals surface area contributed by atoms with Crippen molar-refractivity contribution in [2.75, 3.05) is 6.61 Å². The molecule has 1 heterocycles. The Morgan fingerprint density at radius 2 is 2.13 bits per heavy atom. The van der Waals surface area contributed by atoms with Gasteiger partial charge in [-0.2, -0.15) is 0 Å². The average Bonchev–Trinajstić information content (AvgIpc) is 3.31. The van der Waals surface area contributed by atoms with Gasteiger partial charge in [-0.05, 0) is 44.2 Å². The Hall–Kier alpha value is -2.21. The molecule has 2 N–H and O–H groups in total. The number of amides is 1. The van der Waals surface area contributed by atoms with Crippen LogP contribution in [0, 0.1) is 5.92 Å². The molecule has 0 spiro atoms. The molecule has 0 bridgehead atoms. The number of nitrogens with one attached hydrogen (secondary N) is 1. The van der Waals surface area contributed by atoms with E-state index in [1.807, 2.05) is 35.8 Å². The number of carbonyl (C=O) groups is 1. The zero-order valence-corrected chi connectivity index (χ0v) is 13.3. The number of aryl methyl sites for hydroxylation is 1. The standard InChI is InChI=1S/C17H22N4O2/c1-2-21-11-18-20-16(21)13-5-7-14(8-6-13)17(23)19-15(9-10-22)12-3-4-12/h5-8,11-12,15,22H,2-4,9-10H2,1H3,(H,19,23). The predicted molar refractivity (Wildman–Crippen MR) is 86.8 cm³/mol. The molecule has 6 heteroatoms. The number of hydrogen-bond acceptors (Lipinski definition) is 4. The molecule has 122 valence electrons. The lowest BCUT2D eigenvalue weighted by molar-refractivity contribution is 0.0924. The summed E-state index contributed by atoms with van der Waals surface area (Å²) in [6.07, 6.45) is 4.59. The van der Waals surface area contributed by atoms with Gasteiger partial charge in [0, 0.05) is 30.3 Å². The lowest BCUT2D eigenvalue weighted by atomic mass is 10.1. The molecule has 2 aromatic rings. The number of nitrogens with zero attached hydrogens (tertiary/aromatic N) is 3. The smallest absolute Gasteiger partial charge is 0.251 e. The van der Waals surface area contributed by atoms with Crippen molar-refractivity contribution in [2.24, 2.45) is 5.92 Å². The van der Waals surface area contributed by atoms with Crippen LogP contribution in [0.25, 0.3) is 11.4 Å². The summed E-state index contributed by atoms with van der Waals surface area (Å²) in [7, 11) is 0. The van der Waals surface area contributed by atoms with Crippen molar-refractivity contribution in [1.82, 2.24) is 20.1 Å². The molecule has 1 fully saturated rings. The maximum absolute atomic E-state index is 12.4. The fourth-order valence-electron chi connectivity index (χ4n) is 2.80. The maximum atomic E-state index is 12.4. The third kappa shape index (κ3) is 3.59. The van der Waals surface area contributed by atoms with E-state index in [-0.39, 0.29) is 18.6 Å². The van der Waals surface area contributed by atoms with Crippen molar-refractivity contribution >= 4 is 5.91 Å². The van der Waals surface area contributed by atoms with Gasteiger partial charge in [0.05, 0.1) is 0 Å². The normalized spacial score (nSPS) is 15.4. The molecular weight excluding hydrogens is 292 g/mol. The van der Waals surface area contributed by atoms with Gasteiger partial charge in [0.2, 0.25) is 0 Å². The van der Waals surface area contributed by atoms with Crippen LogP contribution in [-0.2, 0) is 6.54 Å². The van der Waals surface area contributed by atoms with Gasteiger partial charge in [-0.1, -0.05) is 12.1 Å². The van der Waals surface area contributed by atoms with Crippen LogP contribution in [0.15, 0.2) is 30.6 Å². The molecule has 1 aromatic heterocycles. The summed E-state index contributed by atoms with van der Waals surface area (Å²) >= 11 is 0. The zero-order chi connectivity index (χ0) is 16.2.